The van der Waals surface area contributed by atoms with E-state index in [0.717, 1.165) is 17.0 Å². The fraction of sp³-hybridized carbons (Fsp3) is 0.294. The van der Waals surface area contributed by atoms with Gasteiger partial charge in [0.15, 0.2) is 11.5 Å². The summed E-state index contributed by atoms with van der Waals surface area (Å²) in [5.74, 6) is 1.70. The van der Waals surface area contributed by atoms with Gasteiger partial charge in [-0.1, -0.05) is 25.1 Å². The number of aromatic hydroxyl groups is 1. The lowest BCUT2D eigenvalue weighted by molar-refractivity contribution is 0.373. The SMILES string of the molecule is CCSc1ccccc1NC(C)c1ccc(O)c(OC)c1. The molecule has 3 nitrogen and oxygen atoms in total. The van der Waals surface area contributed by atoms with Gasteiger partial charge in [0.05, 0.1) is 7.11 Å². The first kappa shape index (κ1) is 15.6. The molecule has 0 bridgehead atoms. The molecule has 112 valence electrons. The maximum Gasteiger partial charge on any atom is 0.160 e. The number of benzene rings is 2. The van der Waals surface area contributed by atoms with Crippen LogP contribution in [0.4, 0.5) is 5.69 Å². The Hall–Kier alpha value is -1.81. The molecule has 0 spiro atoms. The maximum atomic E-state index is 9.67. The molecule has 0 aromatic heterocycles. The summed E-state index contributed by atoms with van der Waals surface area (Å²) in [6.45, 7) is 4.24. The first-order chi connectivity index (χ1) is 10.2. The van der Waals surface area contributed by atoms with Crippen LogP contribution in [-0.4, -0.2) is 18.0 Å². The molecule has 2 N–H and O–H groups in total. The van der Waals surface area contributed by atoms with Crippen LogP contribution in [0.2, 0.25) is 0 Å². The van der Waals surface area contributed by atoms with E-state index in [4.69, 9.17) is 4.74 Å². The fourth-order valence-corrected chi connectivity index (χ4v) is 2.92. The van der Waals surface area contributed by atoms with E-state index in [1.807, 2.05) is 30.0 Å². The normalized spacial score (nSPS) is 12.0. The molecule has 0 fully saturated rings. The van der Waals surface area contributed by atoms with Crippen LogP contribution in [0.25, 0.3) is 0 Å². The minimum absolute atomic E-state index is 0.123. The number of phenolic OH excluding ortho intramolecular Hbond substituents is 1. The lowest BCUT2D eigenvalue weighted by Gasteiger charge is -2.19. The third kappa shape index (κ3) is 3.85. The third-order valence-electron chi connectivity index (χ3n) is 3.26. The van der Waals surface area contributed by atoms with Crippen molar-refractivity contribution in [3.63, 3.8) is 0 Å². The van der Waals surface area contributed by atoms with Gasteiger partial charge in [0.1, 0.15) is 0 Å². The Morgan fingerprint density at radius 3 is 2.71 bits per heavy atom. The topological polar surface area (TPSA) is 41.5 Å². The largest absolute Gasteiger partial charge is 0.504 e. The first-order valence-corrected chi connectivity index (χ1v) is 7.99. The van der Waals surface area contributed by atoms with Crippen molar-refractivity contribution in [2.24, 2.45) is 0 Å². The Labute approximate surface area is 130 Å². The first-order valence-electron chi connectivity index (χ1n) is 7.01. The van der Waals surface area contributed by atoms with Gasteiger partial charge < -0.3 is 15.2 Å². The van der Waals surface area contributed by atoms with E-state index in [0.29, 0.717) is 5.75 Å². The highest BCUT2D eigenvalue weighted by atomic mass is 32.2. The highest BCUT2D eigenvalue weighted by molar-refractivity contribution is 7.99. The van der Waals surface area contributed by atoms with Crippen LogP contribution < -0.4 is 10.1 Å². The van der Waals surface area contributed by atoms with Gasteiger partial charge in [-0.15, -0.1) is 11.8 Å². The van der Waals surface area contributed by atoms with Crippen LogP contribution in [0.15, 0.2) is 47.4 Å². The van der Waals surface area contributed by atoms with Crippen LogP contribution in [0.5, 0.6) is 11.5 Å². The van der Waals surface area contributed by atoms with Gasteiger partial charge in [-0.25, -0.2) is 0 Å². The van der Waals surface area contributed by atoms with Gasteiger partial charge in [-0.2, -0.15) is 0 Å². The summed E-state index contributed by atoms with van der Waals surface area (Å²) in [6, 6.07) is 13.9. The van der Waals surface area contributed by atoms with Crippen molar-refractivity contribution in [2.45, 2.75) is 24.8 Å². The minimum Gasteiger partial charge on any atom is -0.504 e. The van der Waals surface area contributed by atoms with E-state index in [1.165, 1.54) is 4.90 Å². The Balaban J connectivity index is 2.20. The summed E-state index contributed by atoms with van der Waals surface area (Å²) in [4.78, 5) is 1.25. The fourth-order valence-electron chi connectivity index (χ4n) is 2.15. The zero-order chi connectivity index (χ0) is 15.2. The molecule has 0 aliphatic heterocycles. The van der Waals surface area contributed by atoms with Crippen LogP contribution in [0, 0.1) is 0 Å². The van der Waals surface area contributed by atoms with E-state index in [9.17, 15) is 5.11 Å². The summed E-state index contributed by atoms with van der Waals surface area (Å²) < 4.78 is 5.17. The van der Waals surface area contributed by atoms with E-state index in [2.05, 4.69) is 37.4 Å². The number of hydrogen-bond donors (Lipinski definition) is 2. The second kappa shape index (κ2) is 7.27. The number of nitrogens with one attached hydrogen (secondary N) is 1. The molecule has 0 amide bonds. The molecule has 0 aliphatic carbocycles. The maximum absolute atomic E-state index is 9.67. The molecule has 1 atom stereocenters. The monoisotopic (exact) mass is 303 g/mol. The zero-order valence-electron chi connectivity index (χ0n) is 12.6. The average Bonchev–Trinajstić information content (AvgIpc) is 2.50. The standard InChI is InChI=1S/C17H21NO2S/c1-4-21-17-8-6-5-7-14(17)18-12(2)13-9-10-15(19)16(11-13)20-3/h5-12,18-19H,4H2,1-3H3. The molecular weight excluding hydrogens is 282 g/mol. The van der Waals surface area contributed by atoms with E-state index in [1.54, 1.807) is 13.2 Å². The highest BCUT2D eigenvalue weighted by Crippen LogP contribution is 2.32. The molecule has 0 heterocycles. The van der Waals surface area contributed by atoms with E-state index < -0.39 is 0 Å². The molecule has 2 aromatic rings. The summed E-state index contributed by atoms with van der Waals surface area (Å²) in [5.41, 5.74) is 2.20. The molecule has 0 saturated heterocycles. The third-order valence-corrected chi connectivity index (χ3v) is 4.22. The molecule has 2 aromatic carbocycles. The van der Waals surface area contributed by atoms with Crippen molar-refractivity contribution in [3.05, 3.63) is 48.0 Å². The van der Waals surface area contributed by atoms with Crippen molar-refractivity contribution >= 4 is 17.4 Å². The van der Waals surface area contributed by atoms with Crippen molar-refractivity contribution in [2.75, 3.05) is 18.2 Å². The molecule has 21 heavy (non-hydrogen) atoms. The van der Waals surface area contributed by atoms with Gasteiger partial charge in [-0.3, -0.25) is 0 Å². The second-order valence-corrected chi connectivity index (χ2v) is 6.03. The Bertz CT molecular complexity index is 601. The van der Waals surface area contributed by atoms with Crippen molar-refractivity contribution in [1.82, 2.24) is 0 Å². The predicted octanol–water partition coefficient (Wildman–Crippen LogP) is 4.69. The molecule has 0 saturated carbocycles. The zero-order valence-corrected chi connectivity index (χ0v) is 13.4. The van der Waals surface area contributed by atoms with Crippen molar-refractivity contribution in [3.8, 4) is 11.5 Å². The smallest absolute Gasteiger partial charge is 0.160 e. The summed E-state index contributed by atoms with van der Waals surface area (Å²) in [5, 5.41) is 13.2. The lowest BCUT2D eigenvalue weighted by Crippen LogP contribution is -2.07. The molecule has 0 aliphatic rings. The number of thioether (sulfide) groups is 1. The molecule has 2 rings (SSSR count). The molecular formula is C17H21NO2S. The van der Waals surface area contributed by atoms with Gasteiger partial charge in [0.25, 0.3) is 0 Å². The van der Waals surface area contributed by atoms with Crippen LogP contribution >= 0.6 is 11.8 Å². The Morgan fingerprint density at radius 1 is 1.24 bits per heavy atom. The number of anilines is 1. The van der Waals surface area contributed by atoms with Crippen LogP contribution in [0.1, 0.15) is 25.5 Å². The quantitative estimate of drug-likeness (QED) is 0.760. The van der Waals surface area contributed by atoms with E-state index in [-0.39, 0.29) is 11.8 Å². The summed E-state index contributed by atoms with van der Waals surface area (Å²) >= 11 is 1.82. The van der Waals surface area contributed by atoms with Crippen LogP contribution in [-0.2, 0) is 0 Å². The predicted molar refractivity (Wildman–Crippen MR) is 89.5 cm³/mol. The minimum atomic E-state index is 0.123. The summed E-state index contributed by atoms with van der Waals surface area (Å²) in [6.07, 6.45) is 0. The highest BCUT2D eigenvalue weighted by Gasteiger charge is 2.11. The van der Waals surface area contributed by atoms with Crippen molar-refractivity contribution in [1.29, 1.82) is 0 Å². The average molecular weight is 303 g/mol. The van der Waals surface area contributed by atoms with Gasteiger partial charge in [-0.05, 0) is 42.5 Å². The van der Waals surface area contributed by atoms with Crippen molar-refractivity contribution < 1.29 is 9.84 Å². The molecule has 0 radical (unpaired) electrons. The Kier molecular flexibility index (Phi) is 5.39. The number of para-hydroxylation sites is 1. The van der Waals surface area contributed by atoms with Gasteiger partial charge in [0, 0.05) is 16.6 Å². The Morgan fingerprint density at radius 2 is 2.00 bits per heavy atom. The van der Waals surface area contributed by atoms with E-state index >= 15 is 0 Å². The number of phenols is 1. The summed E-state index contributed by atoms with van der Waals surface area (Å²) in [7, 11) is 1.56. The van der Waals surface area contributed by atoms with Gasteiger partial charge in [0.2, 0.25) is 0 Å². The molecule has 4 heteroatoms. The lowest BCUT2D eigenvalue weighted by atomic mass is 10.1. The second-order valence-electron chi connectivity index (χ2n) is 4.73. The number of methoxy groups -OCH3 is 1. The molecule has 1 unspecified atom stereocenters. The van der Waals surface area contributed by atoms with Crippen LogP contribution in [0.3, 0.4) is 0 Å². The number of rotatable bonds is 6. The van der Waals surface area contributed by atoms with Gasteiger partial charge >= 0.3 is 0 Å². The number of ether oxygens (including phenoxy) is 1. The number of hydrogen-bond acceptors (Lipinski definition) is 4.